The van der Waals surface area contributed by atoms with Crippen LogP contribution in [0.2, 0.25) is 0 Å². The van der Waals surface area contributed by atoms with E-state index in [0.717, 1.165) is 11.4 Å². The largest absolute Gasteiger partial charge is 0.364 e. The molecule has 2 heterocycles. The van der Waals surface area contributed by atoms with Crippen LogP contribution in [0.1, 0.15) is 32.4 Å². The number of carbonyl (C=O) groups excluding carboxylic acids is 2. The first-order chi connectivity index (χ1) is 11.6. The molecular weight excluding hydrogens is 308 g/mol. The van der Waals surface area contributed by atoms with Crippen molar-refractivity contribution in [1.29, 1.82) is 0 Å². The molecule has 2 amide bonds. The standard InChI is InChI=1S/C16H20N6O2/c17-15(23)13-5-1-3-11(21-13)9-19-7-8-20-10-12-4-2-6-14(22-12)16(18)24/h1-6,19-20H,7-10H2,(H2,17,23)(H2,18,24). The van der Waals surface area contributed by atoms with Crippen molar-refractivity contribution in [3.63, 3.8) is 0 Å². The molecule has 2 aromatic rings. The predicted molar refractivity (Wildman–Crippen MR) is 88.9 cm³/mol. The summed E-state index contributed by atoms with van der Waals surface area (Å²) >= 11 is 0. The van der Waals surface area contributed by atoms with Gasteiger partial charge in [-0.05, 0) is 24.3 Å². The van der Waals surface area contributed by atoms with Gasteiger partial charge in [0.25, 0.3) is 11.8 Å². The van der Waals surface area contributed by atoms with Gasteiger partial charge in [0.15, 0.2) is 0 Å². The predicted octanol–water partition coefficient (Wildman–Crippen LogP) is -0.446. The Hall–Kier alpha value is -2.84. The second-order valence-electron chi connectivity index (χ2n) is 5.11. The molecule has 0 atom stereocenters. The smallest absolute Gasteiger partial charge is 0.267 e. The normalized spacial score (nSPS) is 10.5. The summed E-state index contributed by atoms with van der Waals surface area (Å²) in [5, 5.41) is 6.42. The zero-order chi connectivity index (χ0) is 17.4. The fourth-order valence-electron chi connectivity index (χ4n) is 2.04. The molecule has 0 radical (unpaired) electrons. The SMILES string of the molecule is NC(=O)c1cccc(CNCCNCc2cccc(C(N)=O)n2)n1. The average molecular weight is 328 g/mol. The summed E-state index contributed by atoms with van der Waals surface area (Å²) in [7, 11) is 0. The fourth-order valence-corrected chi connectivity index (χ4v) is 2.04. The van der Waals surface area contributed by atoms with Crippen molar-refractivity contribution in [3.05, 3.63) is 59.2 Å². The molecule has 2 aromatic heterocycles. The van der Waals surface area contributed by atoms with Crippen molar-refractivity contribution >= 4 is 11.8 Å². The van der Waals surface area contributed by atoms with Gasteiger partial charge in [-0.15, -0.1) is 0 Å². The highest BCUT2D eigenvalue weighted by atomic mass is 16.1. The first-order valence-electron chi connectivity index (χ1n) is 7.49. The summed E-state index contributed by atoms with van der Waals surface area (Å²) in [6.45, 7) is 2.49. The lowest BCUT2D eigenvalue weighted by atomic mass is 10.3. The van der Waals surface area contributed by atoms with Crippen LogP contribution in [0.4, 0.5) is 0 Å². The molecule has 0 fully saturated rings. The van der Waals surface area contributed by atoms with Crippen molar-refractivity contribution < 1.29 is 9.59 Å². The van der Waals surface area contributed by atoms with Gasteiger partial charge in [-0.3, -0.25) is 9.59 Å². The van der Waals surface area contributed by atoms with E-state index in [4.69, 9.17) is 11.5 Å². The van der Waals surface area contributed by atoms with Crippen LogP contribution in [0.5, 0.6) is 0 Å². The molecule has 8 nitrogen and oxygen atoms in total. The number of amides is 2. The maximum atomic E-state index is 11.1. The van der Waals surface area contributed by atoms with E-state index in [2.05, 4.69) is 20.6 Å². The van der Waals surface area contributed by atoms with E-state index < -0.39 is 11.8 Å². The Balaban J connectivity index is 1.68. The second-order valence-corrected chi connectivity index (χ2v) is 5.11. The molecule has 0 saturated heterocycles. The van der Waals surface area contributed by atoms with Crippen LogP contribution < -0.4 is 22.1 Å². The van der Waals surface area contributed by atoms with Crippen molar-refractivity contribution in [2.24, 2.45) is 11.5 Å². The fraction of sp³-hybridized carbons (Fsp3) is 0.250. The Kier molecular flexibility index (Phi) is 6.35. The van der Waals surface area contributed by atoms with Gasteiger partial charge in [0, 0.05) is 26.2 Å². The molecule has 0 aliphatic carbocycles. The van der Waals surface area contributed by atoms with Crippen LogP contribution in [0, 0.1) is 0 Å². The number of hydrogen-bond donors (Lipinski definition) is 4. The van der Waals surface area contributed by atoms with Crippen molar-refractivity contribution in [3.8, 4) is 0 Å². The van der Waals surface area contributed by atoms with Gasteiger partial charge in [-0.1, -0.05) is 12.1 Å². The maximum absolute atomic E-state index is 11.1. The third kappa shape index (κ3) is 5.41. The molecule has 8 heteroatoms. The monoisotopic (exact) mass is 328 g/mol. The lowest BCUT2D eigenvalue weighted by Crippen LogP contribution is -2.27. The maximum Gasteiger partial charge on any atom is 0.267 e. The second kappa shape index (κ2) is 8.70. The van der Waals surface area contributed by atoms with Crippen LogP contribution in [0.25, 0.3) is 0 Å². The summed E-state index contributed by atoms with van der Waals surface area (Å²) in [4.78, 5) is 30.4. The minimum Gasteiger partial charge on any atom is -0.364 e. The number of primary amides is 2. The number of nitrogens with two attached hydrogens (primary N) is 2. The Morgan fingerprint density at radius 1 is 0.792 bits per heavy atom. The molecule has 0 saturated carbocycles. The van der Waals surface area contributed by atoms with Crippen molar-refractivity contribution in [2.45, 2.75) is 13.1 Å². The average Bonchev–Trinajstić information content (AvgIpc) is 2.58. The molecule has 2 rings (SSSR count). The lowest BCUT2D eigenvalue weighted by molar-refractivity contribution is 0.0987. The molecule has 0 bridgehead atoms. The first kappa shape index (κ1) is 17.5. The van der Waals surface area contributed by atoms with Crippen LogP contribution in [-0.4, -0.2) is 34.9 Å². The summed E-state index contributed by atoms with van der Waals surface area (Å²) < 4.78 is 0. The summed E-state index contributed by atoms with van der Waals surface area (Å²) in [6.07, 6.45) is 0. The lowest BCUT2D eigenvalue weighted by Gasteiger charge is -2.07. The zero-order valence-corrected chi connectivity index (χ0v) is 13.2. The highest BCUT2D eigenvalue weighted by Crippen LogP contribution is 1.99. The molecule has 6 N–H and O–H groups in total. The molecule has 0 aromatic carbocycles. The van der Waals surface area contributed by atoms with E-state index in [9.17, 15) is 9.59 Å². The third-order valence-corrected chi connectivity index (χ3v) is 3.21. The Morgan fingerprint density at radius 2 is 1.21 bits per heavy atom. The van der Waals surface area contributed by atoms with Gasteiger partial charge < -0.3 is 22.1 Å². The van der Waals surface area contributed by atoms with E-state index in [1.165, 1.54) is 0 Å². The van der Waals surface area contributed by atoms with Gasteiger partial charge in [-0.2, -0.15) is 0 Å². The molecule has 126 valence electrons. The molecule has 0 aliphatic rings. The number of nitrogens with zero attached hydrogens (tertiary/aromatic N) is 2. The Labute approximate surface area is 139 Å². The minimum absolute atomic E-state index is 0.257. The topological polar surface area (TPSA) is 136 Å². The summed E-state index contributed by atoms with van der Waals surface area (Å²) in [6, 6.07) is 10.3. The molecule has 0 unspecified atom stereocenters. The Morgan fingerprint density at radius 3 is 1.58 bits per heavy atom. The summed E-state index contributed by atoms with van der Waals surface area (Å²) in [5.74, 6) is -1.08. The number of carbonyl (C=O) groups is 2. The third-order valence-electron chi connectivity index (χ3n) is 3.21. The van der Waals surface area contributed by atoms with Gasteiger partial charge in [0.1, 0.15) is 11.4 Å². The summed E-state index contributed by atoms with van der Waals surface area (Å²) in [5.41, 5.74) is 12.4. The van der Waals surface area contributed by atoms with Crippen LogP contribution in [0.15, 0.2) is 36.4 Å². The Bertz CT molecular complexity index is 658. The highest BCUT2D eigenvalue weighted by Gasteiger charge is 2.04. The van der Waals surface area contributed by atoms with Crippen molar-refractivity contribution in [1.82, 2.24) is 20.6 Å². The van der Waals surface area contributed by atoms with Crippen LogP contribution in [-0.2, 0) is 13.1 Å². The van der Waals surface area contributed by atoms with Gasteiger partial charge >= 0.3 is 0 Å². The van der Waals surface area contributed by atoms with E-state index in [-0.39, 0.29) is 11.4 Å². The number of nitrogens with one attached hydrogen (secondary N) is 2. The highest BCUT2D eigenvalue weighted by molar-refractivity contribution is 5.91. The van der Waals surface area contributed by atoms with Gasteiger partial charge in [0.2, 0.25) is 0 Å². The zero-order valence-electron chi connectivity index (χ0n) is 13.2. The molecule has 24 heavy (non-hydrogen) atoms. The van der Waals surface area contributed by atoms with E-state index in [1.807, 2.05) is 12.1 Å². The number of hydrogen-bond acceptors (Lipinski definition) is 6. The molecule has 0 aliphatic heterocycles. The number of pyridine rings is 2. The van der Waals surface area contributed by atoms with E-state index >= 15 is 0 Å². The minimum atomic E-state index is -0.538. The number of aromatic nitrogens is 2. The van der Waals surface area contributed by atoms with Gasteiger partial charge in [-0.25, -0.2) is 9.97 Å². The van der Waals surface area contributed by atoms with E-state index in [1.54, 1.807) is 24.3 Å². The number of rotatable bonds is 9. The van der Waals surface area contributed by atoms with Crippen molar-refractivity contribution in [2.75, 3.05) is 13.1 Å². The quantitative estimate of drug-likeness (QED) is 0.460. The van der Waals surface area contributed by atoms with E-state index in [0.29, 0.717) is 26.2 Å². The molecule has 0 spiro atoms. The van der Waals surface area contributed by atoms with Gasteiger partial charge in [0.05, 0.1) is 11.4 Å². The first-order valence-corrected chi connectivity index (χ1v) is 7.49. The van der Waals surface area contributed by atoms with Crippen LogP contribution >= 0.6 is 0 Å². The van der Waals surface area contributed by atoms with Crippen LogP contribution in [0.3, 0.4) is 0 Å². The molecular formula is C16H20N6O2.